The predicted molar refractivity (Wildman–Crippen MR) is 102 cm³/mol. The van der Waals surface area contributed by atoms with Crippen LogP contribution in [0.25, 0.3) is 0 Å². The Bertz CT molecular complexity index is 1080. The molecule has 2 aromatic carbocycles. The minimum Gasteiger partial charge on any atom is -0.454 e. The van der Waals surface area contributed by atoms with E-state index in [1.165, 1.54) is 6.20 Å². The molecular formula is C19H17N3O4S. The number of fused-ring (bicyclic) bond motifs is 1. The third-order valence-corrected chi connectivity index (χ3v) is 5.34. The standard InChI is InChI=1S/C19H17N3O4S/c1-13-3-2-4-16(9-13)27(23,24)22-15-6-8-19(20-11-15)21-14-5-7-17-18(10-14)26-12-25-17/h2-11,22H,12H2,1H3,(H,20,21). The molecule has 2 heterocycles. The van der Waals surface area contributed by atoms with E-state index < -0.39 is 10.0 Å². The van der Waals surface area contributed by atoms with E-state index in [1.807, 2.05) is 31.2 Å². The summed E-state index contributed by atoms with van der Waals surface area (Å²) in [6.45, 7) is 2.06. The number of hydrogen-bond donors (Lipinski definition) is 2. The minimum atomic E-state index is -3.66. The molecule has 1 aliphatic rings. The van der Waals surface area contributed by atoms with Crippen LogP contribution >= 0.6 is 0 Å². The molecule has 0 atom stereocenters. The van der Waals surface area contributed by atoms with Crippen molar-refractivity contribution in [1.82, 2.24) is 4.98 Å². The van der Waals surface area contributed by atoms with E-state index in [4.69, 9.17) is 9.47 Å². The van der Waals surface area contributed by atoms with Crippen molar-refractivity contribution < 1.29 is 17.9 Å². The molecule has 0 radical (unpaired) electrons. The van der Waals surface area contributed by atoms with Gasteiger partial charge in [0.2, 0.25) is 6.79 Å². The van der Waals surface area contributed by atoms with E-state index in [9.17, 15) is 8.42 Å². The lowest BCUT2D eigenvalue weighted by molar-refractivity contribution is 0.174. The van der Waals surface area contributed by atoms with Crippen LogP contribution in [0.4, 0.5) is 17.2 Å². The Morgan fingerprint density at radius 1 is 0.963 bits per heavy atom. The highest BCUT2D eigenvalue weighted by atomic mass is 32.2. The monoisotopic (exact) mass is 383 g/mol. The molecule has 1 aromatic heterocycles. The number of nitrogens with zero attached hydrogens (tertiary/aromatic N) is 1. The van der Waals surface area contributed by atoms with Gasteiger partial charge in [0.05, 0.1) is 16.8 Å². The summed E-state index contributed by atoms with van der Waals surface area (Å²) < 4.78 is 38.1. The highest BCUT2D eigenvalue weighted by molar-refractivity contribution is 7.92. The first kappa shape index (κ1) is 17.2. The van der Waals surface area contributed by atoms with E-state index in [1.54, 1.807) is 30.3 Å². The summed E-state index contributed by atoms with van der Waals surface area (Å²) in [5, 5.41) is 3.14. The molecule has 0 aliphatic carbocycles. The molecular weight excluding hydrogens is 366 g/mol. The zero-order valence-electron chi connectivity index (χ0n) is 14.5. The van der Waals surface area contributed by atoms with Gasteiger partial charge in [0.25, 0.3) is 10.0 Å². The normalized spacial score (nSPS) is 12.6. The Morgan fingerprint density at radius 3 is 2.56 bits per heavy atom. The fourth-order valence-corrected chi connectivity index (χ4v) is 3.79. The SMILES string of the molecule is Cc1cccc(S(=O)(=O)Nc2ccc(Nc3ccc4c(c3)OCO4)nc2)c1. The summed E-state index contributed by atoms with van der Waals surface area (Å²) in [5.41, 5.74) is 2.05. The maximum atomic E-state index is 12.5. The molecule has 3 aromatic rings. The summed E-state index contributed by atoms with van der Waals surface area (Å²) in [6, 6.07) is 15.5. The zero-order chi connectivity index (χ0) is 18.9. The van der Waals surface area contributed by atoms with Gasteiger partial charge in [-0.2, -0.15) is 0 Å². The molecule has 0 bridgehead atoms. The van der Waals surface area contributed by atoms with Crippen molar-refractivity contribution in [2.45, 2.75) is 11.8 Å². The number of hydrogen-bond acceptors (Lipinski definition) is 6. The van der Waals surface area contributed by atoms with Crippen LogP contribution in [0.5, 0.6) is 11.5 Å². The number of anilines is 3. The third kappa shape index (κ3) is 3.80. The summed E-state index contributed by atoms with van der Waals surface area (Å²) >= 11 is 0. The molecule has 4 rings (SSSR count). The smallest absolute Gasteiger partial charge is 0.261 e. The van der Waals surface area contributed by atoms with Crippen molar-refractivity contribution in [2.75, 3.05) is 16.8 Å². The number of aromatic nitrogens is 1. The molecule has 0 saturated heterocycles. The molecule has 7 nitrogen and oxygen atoms in total. The number of rotatable bonds is 5. The van der Waals surface area contributed by atoms with Crippen LogP contribution in [0.2, 0.25) is 0 Å². The van der Waals surface area contributed by atoms with E-state index in [-0.39, 0.29) is 11.7 Å². The van der Waals surface area contributed by atoms with Gasteiger partial charge < -0.3 is 14.8 Å². The quantitative estimate of drug-likeness (QED) is 0.699. The summed E-state index contributed by atoms with van der Waals surface area (Å²) in [7, 11) is -3.66. The molecule has 0 saturated carbocycles. The molecule has 0 spiro atoms. The van der Waals surface area contributed by atoms with Gasteiger partial charge in [0, 0.05) is 11.8 Å². The van der Waals surface area contributed by atoms with E-state index >= 15 is 0 Å². The van der Waals surface area contributed by atoms with Crippen LogP contribution < -0.4 is 19.5 Å². The van der Waals surface area contributed by atoms with Gasteiger partial charge in [-0.25, -0.2) is 13.4 Å². The van der Waals surface area contributed by atoms with Crippen molar-refractivity contribution in [1.29, 1.82) is 0 Å². The van der Waals surface area contributed by atoms with Gasteiger partial charge in [-0.15, -0.1) is 0 Å². The lowest BCUT2D eigenvalue weighted by atomic mass is 10.2. The first-order chi connectivity index (χ1) is 13.0. The lowest BCUT2D eigenvalue weighted by Gasteiger charge is -2.10. The number of sulfonamides is 1. The van der Waals surface area contributed by atoms with Gasteiger partial charge in [-0.3, -0.25) is 4.72 Å². The molecule has 2 N–H and O–H groups in total. The number of ether oxygens (including phenoxy) is 2. The van der Waals surface area contributed by atoms with Gasteiger partial charge in [-0.1, -0.05) is 12.1 Å². The number of pyridine rings is 1. The summed E-state index contributed by atoms with van der Waals surface area (Å²) in [4.78, 5) is 4.47. The van der Waals surface area contributed by atoms with Crippen LogP contribution in [0.1, 0.15) is 5.56 Å². The van der Waals surface area contributed by atoms with Crippen molar-refractivity contribution in [3.8, 4) is 11.5 Å². The number of benzene rings is 2. The van der Waals surface area contributed by atoms with Crippen molar-refractivity contribution in [2.24, 2.45) is 0 Å². The maximum absolute atomic E-state index is 12.5. The molecule has 8 heteroatoms. The Hall–Kier alpha value is -3.26. The van der Waals surface area contributed by atoms with E-state index in [0.29, 0.717) is 23.0 Å². The van der Waals surface area contributed by atoms with Crippen LogP contribution in [-0.4, -0.2) is 20.2 Å². The second kappa shape index (κ2) is 6.81. The Labute approximate surface area is 157 Å². The van der Waals surface area contributed by atoms with Crippen molar-refractivity contribution >= 4 is 27.2 Å². The summed E-state index contributed by atoms with van der Waals surface area (Å²) in [5.74, 6) is 1.95. The highest BCUT2D eigenvalue weighted by Crippen LogP contribution is 2.35. The molecule has 0 amide bonds. The second-order valence-electron chi connectivity index (χ2n) is 6.05. The first-order valence-corrected chi connectivity index (χ1v) is 9.70. The Balaban J connectivity index is 1.47. The van der Waals surface area contributed by atoms with Gasteiger partial charge >= 0.3 is 0 Å². The van der Waals surface area contributed by atoms with Crippen LogP contribution in [-0.2, 0) is 10.0 Å². The van der Waals surface area contributed by atoms with Crippen LogP contribution in [0.15, 0.2) is 65.7 Å². The average molecular weight is 383 g/mol. The Morgan fingerprint density at radius 2 is 1.78 bits per heavy atom. The van der Waals surface area contributed by atoms with Crippen molar-refractivity contribution in [3.63, 3.8) is 0 Å². The van der Waals surface area contributed by atoms with Gasteiger partial charge in [0.1, 0.15) is 5.82 Å². The molecule has 27 heavy (non-hydrogen) atoms. The second-order valence-corrected chi connectivity index (χ2v) is 7.73. The molecule has 138 valence electrons. The van der Waals surface area contributed by atoms with Crippen molar-refractivity contribution in [3.05, 3.63) is 66.4 Å². The van der Waals surface area contributed by atoms with Gasteiger partial charge in [0.15, 0.2) is 11.5 Å². The largest absolute Gasteiger partial charge is 0.454 e. The first-order valence-electron chi connectivity index (χ1n) is 8.22. The van der Waals surface area contributed by atoms with E-state index in [2.05, 4.69) is 15.0 Å². The predicted octanol–water partition coefficient (Wildman–Crippen LogP) is 3.66. The highest BCUT2D eigenvalue weighted by Gasteiger charge is 2.15. The van der Waals surface area contributed by atoms with Crippen LogP contribution in [0.3, 0.4) is 0 Å². The fraction of sp³-hybridized carbons (Fsp3) is 0.105. The molecule has 1 aliphatic heterocycles. The molecule has 0 unspecified atom stereocenters. The van der Waals surface area contributed by atoms with Crippen LogP contribution in [0, 0.1) is 6.92 Å². The Kier molecular flexibility index (Phi) is 4.33. The average Bonchev–Trinajstić information content (AvgIpc) is 3.11. The van der Waals surface area contributed by atoms with Gasteiger partial charge in [-0.05, 0) is 48.9 Å². The fourth-order valence-electron chi connectivity index (χ4n) is 2.65. The molecule has 0 fully saturated rings. The third-order valence-electron chi connectivity index (χ3n) is 3.96. The van der Waals surface area contributed by atoms with E-state index in [0.717, 1.165) is 11.3 Å². The maximum Gasteiger partial charge on any atom is 0.261 e. The minimum absolute atomic E-state index is 0.213. The topological polar surface area (TPSA) is 89.6 Å². The lowest BCUT2D eigenvalue weighted by Crippen LogP contribution is -2.13. The zero-order valence-corrected chi connectivity index (χ0v) is 15.3. The number of aryl methyl sites for hydroxylation is 1. The number of nitrogens with one attached hydrogen (secondary N) is 2. The summed E-state index contributed by atoms with van der Waals surface area (Å²) in [6.07, 6.45) is 1.46.